The summed E-state index contributed by atoms with van der Waals surface area (Å²) >= 11 is 0. The third-order valence-corrected chi connectivity index (χ3v) is 5.28. The van der Waals surface area contributed by atoms with Crippen molar-refractivity contribution in [1.29, 1.82) is 0 Å². The minimum atomic E-state index is -1.22. The topological polar surface area (TPSA) is 93.3 Å². The van der Waals surface area contributed by atoms with Crippen molar-refractivity contribution >= 4 is 22.9 Å². The monoisotopic (exact) mass is 381 g/mol. The van der Waals surface area contributed by atoms with Crippen LogP contribution in [0, 0.1) is 0 Å². The molecule has 1 atom stereocenters. The van der Waals surface area contributed by atoms with Gasteiger partial charge >= 0.3 is 11.7 Å². The minimum Gasteiger partial charge on any atom is -0.481 e. The lowest BCUT2D eigenvalue weighted by atomic mass is 9.78. The summed E-state index contributed by atoms with van der Waals surface area (Å²) in [5.41, 5.74) is 0.513. The van der Waals surface area contributed by atoms with Crippen LogP contribution in [0.5, 0.6) is 0 Å². The van der Waals surface area contributed by atoms with Crippen molar-refractivity contribution in [1.82, 2.24) is 14.5 Å². The molecule has 2 aromatic carbocycles. The molecule has 0 radical (unpaired) electrons. The lowest BCUT2D eigenvalue weighted by Gasteiger charge is -2.29. The summed E-state index contributed by atoms with van der Waals surface area (Å²) in [7, 11) is 1.65. The van der Waals surface area contributed by atoms with E-state index < -0.39 is 17.3 Å². The van der Waals surface area contributed by atoms with E-state index >= 15 is 0 Å². The maximum atomic E-state index is 12.6. The summed E-state index contributed by atoms with van der Waals surface area (Å²) in [5, 5.41) is 12.6. The fourth-order valence-corrected chi connectivity index (χ4v) is 3.50. The largest absolute Gasteiger partial charge is 0.481 e. The van der Waals surface area contributed by atoms with Crippen molar-refractivity contribution in [2.75, 3.05) is 6.54 Å². The SMILES string of the molecule is CCC(CNC(=O)Cn1c(=O)n(C)c2ccccc21)(C(=O)O)c1ccccc1. The third-order valence-electron chi connectivity index (χ3n) is 5.28. The lowest BCUT2D eigenvalue weighted by Crippen LogP contribution is -2.47. The van der Waals surface area contributed by atoms with Gasteiger partial charge in [0.05, 0.1) is 11.0 Å². The molecule has 1 aromatic heterocycles. The number of carbonyl (C=O) groups is 2. The molecule has 1 unspecified atom stereocenters. The molecule has 0 bridgehead atoms. The molecule has 7 nitrogen and oxygen atoms in total. The zero-order chi connectivity index (χ0) is 20.3. The molecule has 3 aromatic rings. The molecule has 0 aliphatic heterocycles. The number of carbonyl (C=O) groups excluding carboxylic acids is 1. The first-order valence-corrected chi connectivity index (χ1v) is 9.10. The number of fused-ring (bicyclic) bond motifs is 1. The molecule has 0 fully saturated rings. The molecule has 0 aliphatic carbocycles. The number of amides is 1. The first-order chi connectivity index (χ1) is 13.4. The second kappa shape index (κ2) is 7.72. The van der Waals surface area contributed by atoms with Gasteiger partial charge < -0.3 is 10.4 Å². The van der Waals surface area contributed by atoms with Gasteiger partial charge in [-0.25, -0.2) is 4.79 Å². The van der Waals surface area contributed by atoms with E-state index in [1.165, 1.54) is 9.13 Å². The van der Waals surface area contributed by atoms with Crippen LogP contribution in [-0.2, 0) is 28.6 Å². The number of para-hydroxylation sites is 2. The van der Waals surface area contributed by atoms with Crippen molar-refractivity contribution in [2.24, 2.45) is 7.05 Å². The van der Waals surface area contributed by atoms with E-state index in [4.69, 9.17) is 0 Å². The number of hydrogen-bond acceptors (Lipinski definition) is 3. The molecule has 0 spiro atoms. The average molecular weight is 381 g/mol. The van der Waals surface area contributed by atoms with Crippen molar-refractivity contribution in [2.45, 2.75) is 25.3 Å². The molecule has 7 heteroatoms. The fraction of sp³-hybridized carbons (Fsp3) is 0.286. The molecule has 0 aliphatic rings. The number of benzene rings is 2. The maximum absolute atomic E-state index is 12.6. The first-order valence-electron chi connectivity index (χ1n) is 9.10. The molecule has 3 rings (SSSR count). The van der Waals surface area contributed by atoms with Crippen LogP contribution in [0.15, 0.2) is 59.4 Å². The van der Waals surface area contributed by atoms with E-state index in [9.17, 15) is 19.5 Å². The van der Waals surface area contributed by atoms with Crippen LogP contribution in [0.2, 0.25) is 0 Å². The van der Waals surface area contributed by atoms with E-state index in [-0.39, 0.29) is 18.8 Å². The first kappa shape index (κ1) is 19.4. The second-order valence-electron chi connectivity index (χ2n) is 6.80. The van der Waals surface area contributed by atoms with Gasteiger partial charge in [-0.1, -0.05) is 49.4 Å². The standard InChI is InChI=1S/C21H23N3O4/c1-3-21(19(26)27,15-9-5-4-6-10-15)14-22-18(25)13-24-17-12-8-7-11-16(17)23(2)20(24)28/h4-12H,3,13-14H2,1-2H3,(H,22,25)(H,26,27). The van der Waals surface area contributed by atoms with Crippen LogP contribution in [0.3, 0.4) is 0 Å². The number of nitrogens with one attached hydrogen (secondary N) is 1. The Kier molecular flexibility index (Phi) is 5.35. The maximum Gasteiger partial charge on any atom is 0.329 e. The summed E-state index contributed by atoms with van der Waals surface area (Å²) in [6.45, 7) is 1.55. The number of aryl methyl sites for hydroxylation is 1. The van der Waals surface area contributed by atoms with Crippen molar-refractivity contribution < 1.29 is 14.7 Å². The van der Waals surface area contributed by atoms with Gasteiger partial charge in [-0.15, -0.1) is 0 Å². The quantitative estimate of drug-likeness (QED) is 0.654. The van der Waals surface area contributed by atoms with Crippen LogP contribution in [-0.4, -0.2) is 32.7 Å². The number of imidazole rings is 1. The van der Waals surface area contributed by atoms with Crippen LogP contribution in [0.1, 0.15) is 18.9 Å². The van der Waals surface area contributed by atoms with Gasteiger partial charge in [0.15, 0.2) is 0 Å². The van der Waals surface area contributed by atoms with Gasteiger partial charge in [0.1, 0.15) is 12.0 Å². The molecular weight excluding hydrogens is 358 g/mol. The Morgan fingerprint density at radius 2 is 1.64 bits per heavy atom. The van der Waals surface area contributed by atoms with Gasteiger partial charge in [-0.2, -0.15) is 0 Å². The molecule has 146 valence electrons. The van der Waals surface area contributed by atoms with E-state index in [1.807, 2.05) is 18.2 Å². The number of rotatable bonds is 7. The third kappa shape index (κ3) is 3.31. The number of nitrogens with zero attached hydrogens (tertiary/aromatic N) is 2. The smallest absolute Gasteiger partial charge is 0.329 e. The van der Waals surface area contributed by atoms with E-state index in [2.05, 4.69) is 5.32 Å². The number of aliphatic carboxylic acids is 1. The molecular formula is C21H23N3O4. The van der Waals surface area contributed by atoms with Gasteiger partial charge in [-0.05, 0) is 24.1 Å². The average Bonchev–Trinajstić information content (AvgIpc) is 2.94. The Morgan fingerprint density at radius 3 is 2.25 bits per heavy atom. The Labute approximate surface area is 162 Å². The number of aromatic nitrogens is 2. The van der Waals surface area contributed by atoms with E-state index in [1.54, 1.807) is 50.4 Å². The number of carboxylic acid groups (broad SMARTS) is 1. The predicted octanol–water partition coefficient (Wildman–Crippen LogP) is 1.89. The van der Waals surface area contributed by atoms with Crippen molar-refractivity contribution in [3.8, 4) is 0 Å². The van der Waals surface area contributed by atoms with Crippen molar-refractivity contribution in [3.63, 3.8) is 0 Å². The summed E-state index contributed by atoms with van der Waals surface area (Å²) in [6, 6.07) is 16.1. The molecule has 1 heterocycles. The molecule has 28 heavy (non-hydrogen) atoms. The summed E-state index contributed by atoms with van der Waals surface area (Å²) < 4.78 is 2.88. The predicted molar refractivity (Wildman–Crippen MR) is 106 cm³/mol. The zero-order valence-corrected chi connectivity index (χ0v) is 15.9. The van der Waals surface area contributed by atoms with Gasteiger partial charge in [-0.3, -0.25) is 18.7 Å². The summed E-state index contributed by atoms with van der Waals surface area (Å²) in [6.07, 6.45) is 0.320. The van der Waals surface area contributed by atoms with Gasteiger partial charge in [0, 0.05) is 13.6 Å². The summed E-state index contributed by atoms with van der Waals surface area (Å²) in [4.78, 5) is 37.1. The highest BCUT2D eigenvalue weighted by Crippen LogP contribution is 2.27. The Bertz CT molecular complexity index is 1070. The lowest BCUT2D eigenvalue weighted by molar-refractivity contribution is -0.144. The fourth-order valence-electron chi connectivity index (χ4n) is 3.50. The molecule has 1 amide bonds. The zero-order valence-electron chi connectivity index (χ0n) is 15.9. The Morgan fingerprint density at radius 1 is 1.04 bits per heavy atom. The Balaban J connectivity index is 1.83. The second-order valence-corrected chi connectivity index (χ2v) is 6.80. The van der Waals surface area contributed by atoms with Crippen LogP contribution < -0.4 is 11.0 Å². The van der Waals surface area contributed by atoms with Crippen LogP contribution >= 0.6 is 0 Å². The summed E-state index contributed by atoms with van der Waals surface area (Å²) in [5.74, 6) is -1.41. The van der Waals surface area contributed by atoms with E-state index in [0.717, 1.165) is 5.52 Å². The normalized spacial score (nSPS) is 13.2. The van der Waals surface area contributed by atoms with Crippen LogP contribution in [0.4, 0.5) is 0 Å². The molecule has 2 N–H and O–H groups in total. The van der Waals surface area contributed by atoms with Gasteiger partial charge in [0.25, 0.3) is 0 Å². The number of carboxylic acids is 1. The highest BCUT2D eigenvalue weighted by Gasteiger charge is 2.39. The molecule has 0 saturated heterocycles. The van der Waals surface area contributed by atoms with Crippen molar-refractivity contribution in [3.05, 3.63) is 70.6 Å². The highest BCUT2D eigenvalue weighted by molar-refractivity contribution is 5.84. The Hall–Kier alpha value is -3.35. The van der Waals surface area contributed by atoms with Crippen LogP contribution in [0.25, 0.3) is 11.0 Å². The molecule has 0 saturated carbocycles. The highest BCUT2D eigenvalue weighted by atomic mass is 16.4. The van der Waals surface area contributed by atoms with E-state index in [0.29, 0.717) is 17.5 Å². The van der Waals surface area contributed by atoms with Gasteiger partial charge in [0.2, 0.25) is 5.91 Å². The number of hydrogen-bond donors (Lipinski definition) is 2. The minimum absolute atomic E-state index is 0.0544.